The van der Waals surface area contributed by atoms with Crippen molar-refractivity contribution in [3.05, 3.63) is 76.9 Å². The molecule has 23 heavy (non-hydrogen) atoms. The molecule has 0 spiro atoms. The molecule has 4 heteroatoms. The third-order valence-electron chi connectivity index (χ3n) is 4.25. The van der Waals surface area contributed by atoms with Gasteiger partial charge in [-0.3, -0.25) is 4.90 Å². The van der Waals surface area contributed by atoms with Gasteiger partial charge < -0.3 is 9.74 Å². The van der Waals surface area contributed by atoms with E-state index in [1.165, 1.54) is 17.7 Å². The van der Waals surface area contributed by atoms with Crippen LogP contribution >= 0.6 is 0 Å². The molecule has 1 heterocycles. The van der Waals surface area contributed by atoms with Gasteiger partial charge in [-0.25, -0.2) is 11.0 Å². The van der Waals surface area contributed by atoms with E-state index in [1.54, 1.807) is 0 Å². The molecular formula is C19H20FN3. The maximum Gasteiger partial charge on any atom is 0.239 e. The molecule has 0 aromatic heterocycles. The Balaban J connectivity index is 1.52. The Morgan fingerprint density at radius 2 is 1.48 bits per heavy atom. The summed E-state index contributed by atoms with van der Waals surface area (Å²) >= 11 is 0. The Bertz CT molecular complexity index is 665. The summed E-state index contributed by atoms with van der Waals surface area (Å²) in [6.07, 6.45) is 0. The smallest absolute Gasteiger partial charge is 0.239 e. The Hall–Kier alpha value is -2.38. The minimum atomic E-state index is -0.186. The van der Waals surface area contributed by atoms with Gasteiger partial charge >= 0.3 is 0 Å². The van der Waals surface area contributed by atoms with Crippen molar-refractivity contribution in [2.45, 2.75) is 13.1 Å². The van der Waals surface area contributed by atoms with Crippen molar-refractivity contribution >= 4 is 5.69 Å². The van der Waals surface area contributed by atoms with Gasteiger partial charge in [-0.15, -0.1) is 0 Å². The zero-order chi connectivity index (χ0) is 16.1. The second kappa shape index (κ2) is 7.26. The molecule has 118 valence electrons. The van der Waals surface area contributed by atoms with Gasteiger partial charge in [0.1, 0.15) is 5.82 Å². The normalized spacial score (nSPS) is 15.4. The Morgan fingerprint density at radius 1 is 0.870 bits per heavy atom. The maximum atomic E-state index is 13.0. The molecule has 1 fully saturated rings. The summed E-state index contributed by atoms with van der Waals surface area (Å²) in [7, 11) is 0. The number of hydrogen-bond acceptors (Lipinski definition) is 2. The van der Waals surface area contributed by atoms with E-state index >= 15 is 0 Å². The number of anilines is 1. The number of nitrogens with zero attached hydrogens (tertiary/aromatic N) is 3. The van der Waals surface area contributed by atoms with Gasteiger partial charge in [0, 0.05) is 44.0 Å². The summed E-state index contributed by atoms with van der Waals surface area (Å²) in [5.74, 6) is -0.186. The fourth-order valence-electron chi connectivity index (χ4n) is 2.92. The first kappa shape index (κ1) is 15.5. The first-order valence-electron chi connectivity index (χ1n) is 7.88. The van der Waals surface area contributed by atoms with Gasteiger partial charge in [-0.1, -0.05) is 24.3 Å². The Labute approximate surface area is 136 Å². The van der Waals surface area contributed by atoms with Crippen molar-refractivity contribution in [2.24, 2.45) is 0 Å². The molecule has 0 N–H and O–H groups in total. The summed E-state index contributed by atoms with van der Waals surface area (Å²) in [6, 6.07) is 15.1. The molecule has 2 aromatic carbocycles. The summed E-state index contributed by atoms with van der Waals surface area (Å²) in [4.78, 5) is 8.14. The molecule has 1 saturated heterocycles. The molecule has 0 saturated carbocycles. The molecule has 1 aliphatic rings. The highest BCUT2D eigenvalue weighted by molar-refractivity contribution is 5.46. The van der Waals surface area contributed by atoms with Crippen LogP contribution in [0.1, 0.15) is 11.1 Å². The van der Waals surface area contributed by atoms with Crippen LogP contribution in [0, 0.1) is 12.4 Å². The molecule has 3 rings (SSSR count). The molecular weight excluding hydrogens is 289 g/mol. The van der Waals surface area contributed by atoms with Crippen molar-refractivity contribution < 1.29 is 4.39 Å². The summed E-state index contributed by atoms with van der Waals surface area (Å²) < 4.78 is 13.0. The summed E-state index contributed by atoms with van der Waals surface area (Å²) in [5, 5.41) is 0. The van der Waals surface area contributed by atoms with E-state index in [-0.39, 0.29) is 5.82 Å². The van der Waals surface area contributed by atoms with E-state index in [9.17, 15) is 4.39 Å². The average molecular weight is 309 g/mol. The predicted molar refractivity (Wildman–Crippen MR) is 90.6 cm³/mol. The number of halogens is 1. The van der Waals surface area contributed by atoms with Gasteiger partial charge in [-0.2, -0.15) is 0 Å². The second-order valence-corrected chi connectivity index (χ2v) is 5.87. The van der Waals surface area contributed by atoms with Crippen molar-refractivity contribution in [1.82, 2.24) is 4.90 Å². The number of benzene rings is 2. The van der Waals surface area contributed by atoms with E-state index in [4.69, 9.17) is 6.57 Å². The van der Waals surface area contributed by atoms with Crippen molar-refractivity contribution in [3.63, 3.8) is 0 Å². The van der Waals surface area contributed by atoms with Gasteiger partial charge in [0.2, 0.25) is 6.54 Å². The van der Waals surface area contributed by atoms with E-state index in [0.717, 1.165) is 44.0 Å². The van der Waals surface area contributed by atoms with Crippen LogP contribution in [0.25, 0.3) is 4.85 Å². The average Bonchev–Trinajstić information content (AvgIpc) is 2.58. The molecule has 0 atom stereocenters. The lowest BCUT2D eigenvalue weighted by molar-refractivity contribution is 0.250. The number of rotatable bonds is 4. The minimum Gasteiger partial charge on any atom is -0.369 e. The minimum absolute atomic E-state index is 0.186. The zero-order valence-electron chi connectivity index (χ0n) is 13.1. The van der Waals surface area contributed by atoms with Crippen LogP contribution in [-0.2, 0) is 13.1 Å². The first-order valence-corrected chi connectivity index (χ1v) is 7.88. The largest absolute Gasteiger partial charge is 0.369 e. The number of piperazine rings is 1. The molecule has 0 amide bonds. The molecule has 0 aliphatic carbocycles. The standard InChI is InChI=1S/C19H20FN3/c1-21-14-16-2-4-17(5-3-16)15-22-10-12-23(13-11-22)19-8-6-18(20)7-9-19/h2-9H,10-15H2. The van der Waals surface area contributed by atoms with Gasteiger partial charge in [0.15, 0.2) is 0 Å². The second-order valence-electron chi connectivity index (χ2n) is 5.87. The molecule has 0 unspecified atom stereocenters. The SMILES string of the molecule is [C-]#[N+]Cc1ccc(CN2CCN(c3ccc(F)cc3)CC2)cc1. The van der Waals surface area contributed by atoms with Crippen molar-refractivity contribution in [1.29, 1.82) is 0 Å². The van der Waals surface area contributed by atoms with Crippen LogP contribution in [0.15, 0.2) is 48.5 Å². The van der Waals surface area contributed by atoms with Gasteiger partial charge in [-0.05, 0) is 29.8 Å². The van der Waals surface area contributed by atoms with Crippen LogP contribution < -0.4 is 4.90 Å². The molecule has 3 nitrogen and oxygen atoms in total. The van der Waals surface area contributed by atoms with Crippen LogP contribution in [0.3, 0.4) is 0 Å². The highest BCUT2D eigenvalue weighted by Crippen LogP contribution is 2.18. The number of hydrogen-bond donors (Lipinski definition) is 0. The van der Waals surface area contributed by atoms with E-state index in [0.29, 0.717) is 6.54 Å². The Kier molecular flexibility index (Phi) is 4.89. The van der Waals surface area contributed by atoms with Gasteiger partial charge in [0.05, 0.1) is 0 Å². The first-order chi connectivity index (χ1) is 11.2. The lowest BCUT2D eigenvalue weighted by atomic mass is 10.1. The maximum absolute atomic E-state index is 13.0. The van der Waals surface area contributed by atoms with E-state index < -0.39 is 0 Å². The van der Waals surface area contributed by atoms with E-state index in [1.807, 2.05) is 24.3 Å². The summed E-state index contributed by atoms with van der Waals surface area (Å²) in [6.45, 7) is 12.2. The zero-order valence-corrected chi connectivity index (χ0v) is 13.1. The third-order valence-corrected chi connectivity index (χ3v) is 4.25. The van der Waals surface area contributed by atoms with Crippen LogP contribution in [0.5, 0.6) is 0 Å². The quantitative estimate of drug-likeness (QED) is 0.800. The third kappa shape index (κ3) is 4.08. The summed E-state index contributed by atoms with van der Waals surface area (Å²) in [5.41, 5.74) is 3.45. The highest BCUT2D eigenvalue weighted by Gasteiger charge is 2.17. The lowest BCUT2D eigenvalue weighted by Gasteiger charge is -2.36. The van der Waals surface area contributed by atoms with Gasteiger partial charge in [0.25, 0.3) is 0 Å². The molecule has 0 bridgehead atoms. The van der Waals surface area contributed by atoms with Crippen molar-refractivity contribution in [2.75, 3.05) is 31.1 Å². The monoisotopic (exact) mass is 309 g/mol. The fraction of sp³-hybridized carbons (Fsp3) is 0.316. The molecule has 2 aromatic rings. The lowest BCUT2D eigenvalue weighted by Crippen LogP contribution is -2.45. The predicted octanol–water partition coefficient (Wildman–Crippen LogP) is 3.57. The Morgan fingerprint density at radius 3 is 2.09 bits per heavy atom. The topological polar surface area (TPSA) is 10.8 Å². The van der Waals surface area contributed by atoms with Crippen LogP contribution in [-0.4, -0.2) is 31.1 Å². The van der Waals surface area contributed by atoms with Crippen LogP contribution in [0.2, 0.25) is 0 Å². The molecule has 1 aliphatic heterocycles. The highest BCUT2D eigenvalue weighted by atomic mass is 19.1. The molecule has 0 radical (unpaired) electrons. The van der Waals surface area contributed by atoms with Crippen molar-refractivity contribution in [3.8, 4) is 0 Å². The van der Waals surface area contributed by atoms with E-state index in [2.05, 4.69) is 26.8 Å². The van der Waals surface area contributed by atoms with Crippen LogP contribution in [0.4, 0.5) is 10.1 Å². The fourth-order valence-corrected chi connectivity index (χ4v) is 2.92.